The lowest BCUT2D eigenvalue weighted by Crippen LogP contribution is -2.40. The predicted molar refractivity (Wildman–Crippen MR) is 89.5 cm³/mol. The zero-order valence-corrected chi connectivity index (χ0v) is 14.9. The van der Waals surface area contributed by atoms with Crippen LogP contribution in [0.3, 0.4) is 0 Å². The second-order valence-electron chi connectivity index (χ2n) is 6.88. The molecule has 1 rings (SSSR count). The van der Waals surface area contributed by atoms with Gasteiger partial charge in [0.15, 0.2) is 0 Å². The Morgan fingerprint density at radius 3 is 2.33 bits per heavy atom. The Kier molecular flexibility index (Phi) is 7.27. The molecule has 1 amide bonds. The summed E-state index contributed by atoms with van der Waals surface area (Å²) < 4.78 is 38.8. The smallest absolute Gasteiger partial charge is 0.348 e. The third kappa shape index (κ3) is 6.51. The zero-order chi connectivity index (χ0) is 18.5. The maximum Gasteiger partial charge on any atom is 0.416 e. The number of likely N-dealkylation sites (N-methyl/N-ethyl adjacent to an activating group) is 1. The van der Waals surface area contributed by atoms with Crippen molar-refractivity contribution < 1.29 is 18.0 Å². The largest absolute Gasteiger partial charge is 0.416 e. The van der Waals surface area contributed by atoms with Crippen LogP contribution in [-0.2, 0) is 11.0 Å². The molecule has 0 aliphatic carbocycles. The van der Waals surface area contributed by atoms with Crippen molar-refractivity contribution in [1.29, 1.82) is 0 Å². The van der Waals surface area contributed by atoms with Crippen LogP contribution >= 0.6 is 0 Å². The maximum atomic E-state index is 12.9. The lowest BCUT2D eigenvalue weighted by Gasteiger charge is -2.25. The van der Waals surface area contributed by atoms with Gasteiger partial charge in [-0.2, -0.15) is 13.2 Å². The van der Waals surface area contributed by atoms with E-state index < -0.39 is 17.8 Å². The van der Waals surface area contributed by atoms with E-state index >= 15 is 0 Å². The summed E-state index contributed by atoms with van der Waals surface area (Å²) in [7, 11) is 1.84. The lowest BCUT2D eigenvalue weighted by molar-refractivity contribution is -0.137. The molecule has 0 aliphatic heterocycles. The molecule has 0 aromatic heterocycles. The van der Waals surface area contributed by atoms with Gasteiger partial charge < -0.3 is 5.32 Å². The first-order chi connectivity index (χ1) is 11.0. The molecule has 0 bridgehead atoms. The van der Waals surface area contributed by atoms with Crippen molar-refractivity contribution in [2.24, 2.45) is 5.92 Å². The molecular formula is C18H27F3N2O. The molecule has 0 heterocycles. The Morgan fingerprint density at radius 2 is 1.83 bits per heavy atom. The number of halogens is 3. The van der Waals surface area contributed by atoms with E-state index in [-0.39, 0.29) is 24.4 Å². The van der Waals surface area contributed by atoms with Crippen LogP contribution < -0.4 is 5.32 Å². The van der Waals surface area contributed by atoms with Gasteiger partial charge in [-0.05, 0) is 50.9 Å². The summed E-state index contributed by atoms with van der Waals surface area (Å²) in [6.45, 7) is 8.13. The van der Waals surface area contributed by atoms with Gasteiger partial charge in [-0.25, -0.2) is 0 Å². The van der Waals surface area contributed by atoms with E-state index in [0.717, 1.165) is 12.1 Å². The van der Waals surface area contributed by atoms with Gasteiger partial charge in [0.1, 0.15) is 0 Å². The first kappa shape index (κ1) is 20.5. The van der Waals surface area contributed by atoms with Crippen LogP contribution in [0.4, 0.5) is 13.2 Å². The molecule has 1 aromatic carbocycles. The summed E-state index contributed by atoms with van der Waals surface area (Å²) in [5, 5.41) is 2.88. The van der Waals surface area contributed by atoms with Crippen molar-refractivity contribution in [3.63, 3.8) is 0 Å². The fourth-order valence-corrected chi connectivity index (χ4v) is 2.33. The van der Waals surface area contributed by atoms with Crippen LogP contribution in [0.25, 0.3) is 0 Å². The number of amides is 1. The molecule has 3 nitrogen and oxygen atoms in total. The van der Waals surface area contributed by atoms with Crippen LogP contribution in [0, 0.1) is 5.92 Å². The number of alkyl halides is 3. The number of nitrogens with one attached hydrogen (secondary N) is 1. The molecule has 1 atom stereocenters. The monoisotopic (exact) mass is 344 g/mol. The highest BCUT2D eigenvalue weighted by Gasteiger charge is 2.31. The Bertz CT molecular complexity index is 541. The quantitative estimate of drug-likeness (QED) is 0.802. The van der Waals surface area contributed by atoms with Crippen LogP contribution in [0.15, 0.2) is 24.3 Å². The van der Waals surface area contributed by atoms with Gasteiger partial charge in [0.05, 0.1) is 18.2 Å². The number of nitrogens with zero attached hydrogens (tertiary/aromatic N) is 1. The van der Waals surface area contributed by atoms with Gasteiger partial charge in [-0.15, -0.1) is 0 Å². The Balaban J connectivity index is 2.95. The molecule has 0 aliphatic rings. The number of carbonyl (C=O) groups excluding carboxylic acids is 1. The summed E-state index contributed by atoms with van der Waals surface area (Å²) in [6, 6.07) is 4.98. The molecule has 0 spiro atoms. The first-order valence-corrected chi connectivity index (χ1v) is 8.17. The molecule has 24 heavy (non-hydrogen) atoms. The lowest BCUT2D eigenvalue weighted by atomic mass is 9.95. The van der Waals surface area contributed by atoms with Crippen LogP contribution in [-0.4, -0.2) is 30.4 Å². The van der Waals surface area contributed by atoms with Crippen molar-refractivity contribution in [2.75, 3.05) is 13.6 Å². The molecule has 0 saturated carbocycles. The summed E-state index contributed by atoms with van der Waals surface area (Å²) in [5.74, 6) is 0.0573. The van der Waals surface area contributed by atoms with Crippen LogP contribution in [0.5, 0.6) is 0 Å². The predicted octanol–water partition coefficient (Wildman–Crippen LogP) is 4.25. The van der Waals surface area contributed by atoms with Gasteiger partial charge in [0, 0.05) is 6.04 Å². The number of carbonyl (C=O) groups is 1. The average molecular weight is 344 g/mol. The molecule has 6 heteroatoms. The number of benzene rings is 1. The topological polar surface area (TPSA) is 32.3 Å². The fraction of sp³-hybridized carbons (Fsp3) is 0.611. The Hall–Kier alpha value is -1.56. The Morgan fingerprint density at radius 1 is 1.21 bits per heavy atom. The molecule has 0 radical (unpaired) electrons. The van der Waals surface area contributed by atoms with Crippen molar-refractivity contribution in [1.82, 2.24) is 10.2 Å². The molecule has 1 N–H and O–H groups in total. The molecule has 0 saturated heterocycles. The van der Waals surface area contributed by atoms with Gasteiger partial charge in [0.25, 0.3) is 0 Å². The highest BCUT2D eigenvalue weighted by atomic mass is 19.4. The van der Waals surface area contributed by atoms with Gasteiger partial charge in [-0.1, -0.05) is 26.0 Å². The van der Waals surface area contributed by atoms with E-state index in [1.54, 1.807) is 6.07 Å². The molecule has 0 fully saturated rings. The van der Waals surface area contributed by atoms with Crippen molar-refractivity contribution >= 4 is 5.91 Å². The Labute approximate surface area is 142 Å². The van der Waals surface area contributed by atoms with E-state index in [9.17, 15) is 18.0 Å². The maximum absolute atomic E-state index is 12.9. The molecule has 1 aromatic rings. The number of hydrogen-bond donors (Lipinski definition) is 1. The van der Waals surface area contributed by atoms with E-state index in [1.807, 2.05) is 39.6 Å². The summed E-state index contributed by atoms with van der Waals surface area (Å²) in [5.41, 5.74) is -0.207. The minimum absolute atomic E-state index is 0.186. The highest BCUT2D eigenvalue weighted by molar-refractivity contribution is 5.78. The summed E-state index contributed by atoms with van der Waals surface area (Å²) in [6.07, 6.45) is -3.81. The fourth-order valence-electron chi connectivity index (χ4n) is 2.33. The van der Waals surface area contributed by atoms with Gasteiger partial charge in [-0.3, -0.25) is 9.69 Å². The first-order valence-electron chi connectivity index (χ1n) is 8.17. The average Bonchev–Trinajstić information content (AvgIpc) is 2.45. The number of rotatable bonds is 7. The molecular weight excluding hydrogens is 317 g/mol. The second-order valence-corrected chi connectivity index (χ2v) is 6.88. The van der Waals surface area contributed by atoms with E-state index in [2.05, 4.69) is 5.32 Å². The van der Waals surface area contributed by atoms with E-state index in [1.165, 1.54) is 6.07 Å². The third-order valence-corrected chi connectivity index (χ3v) is 3.93. The SMILES string of the molecule is CC(C)CC(NC(=O)CN(C)C(C)C)c1cccc(C(F)(F)F)c1. The normalized spacial score (nSPS) is 13.6. The second kappa shape index (κ2) is 8.51. The molecule has 136 valence electrons. The minimum atomic E-state index is -4.39. The van der Waals surface area contributed by atoms with E-state index in [4.69, 9.17) is 0 Å². The molecule has 1 unspecified atom stereocenters. The van der Waals surface area contributed by atoms with Crippen LogP contribution in [0.1, 0.15) is 51.3 Å². The van der Waals surface area contributed by atoms with Gasteiger partial charge >= 0.3 is 6.18 Å². The standard InChI is InChI=1S/C18H27F3N2O/c1-12(2)9-16(22-17(24)11-23(5)13(3)4)14-7-6-8-15(10-14)18(19,20)21/h6-8,10,12-13,16H,9,11H2,1-5H3,(H,22,24). The van der Waals surface area contributed by atoms with Crippen LogP contribution in [0.2, 0.25) is 0 Å². The summed E-state index contributed by atoms with van der Waals surface area (Å²) >= 11 is 0. The van der Waals surface area contributed by atoms with Crippen molar-refractivity contribution in [3.8, 4) is 0 Å². The van der Waals surface area contributed by atoms with E-state index in [0.29, 0.717) is 12.0 Å². The number of hydrogen-bond acceptors (Lipinski definition) is 2. The van der Waals surface area contributed by atoms with Gasteiger partial charge in [0.2, 0.25) is 5.91 Å². The minimum Gasteiger partial charge on any atom is -0.348 e. The highest BCUT2D eigenvalue weighted by Crippen LogP contribution is 2.32. The van der Waals surface area contributed by atoms with Crippen molar-refractivity contribution in [3.05, 3.63) is 35.4 Å². The third-order valence-electron chi connectivity index (χ3n) is 3.93. The summed E-state index contributed by atoms with van der Waals surface area (Å²) in [4.78, 5) is 14.1. The van der Waals surface area contributed by atoms with Crippen molar-refractivity contribution in [2.45, 2.75) is 52.4 Å². The zero-order valence-electron chi connectivity index (χ0n) is 14.9.